The Bertz CT molecular complexity index is 1030. The van der Waals surface area contributed by atoms with E-state index >= 15 is 0 Å². The van der Waals surface area contributed by atoms with E-state index in [-0.39, 0.29) is 4.90 Å². The van der Waals surface area contributed by atoms with Gasteiger partial charge < -0.3 is 10.1 Å². The number of rotatable bonds is 8. The van der Waals surface area contributed by atoms with Crippen molar-refractivity contribution in [3.05, 3.63) is 63.9 Å². The highest BCUT2D eigenvalue weighted by atomic mass is 35.5. The lowest BCUT2D eigenvalue weighted by Crippen LogP contribution is -2.36. The van der Waals surface area contributed by atoms with Crippen molar-refractivity contribution in [2.75, 3.05) is 20.2 Å². The molecule has 0 aliphatic rings. The van der Waals surface area contributed by atoms with E-state index in [2.05, 4.69) is 5.32 Å². The normalized spacial score (nSPS) is 12.5. The number of likely N-dealkylation sites (N-methyl/N-ethyl adjacent to an activating group) is 1. The lowest BCUT2D eigenvalue weighted by Gasteiger charge is -2.18. The maximum Gasteiger partial charge on any atom is 0.321 e. The maximum atomic E-state index is 13.0. The summed E-state index contributed by atoms with van der Waals surface area (Å²) in [4.78, 5) is 23.8. The van der Waals surface area contributed by atoms with Crippen LogP contribution in [0.25, 0.3) is 0 Å². The molecule has 30 heavy (non-hydrogen) atoms. The molecule has 0 saturated carbocycles. The number of nitrogens with one attached hydrogen (secondary N) is 1. The van der Waals surface area contributed by atoms with Crippen LogP contribution in [0.1, 0.15) is 18.5 Å². The number of benzene rings is 2. The Morgan fingerprint density at radius 2 is 1.80 bits per heavy atom. The Hall–Kier alpha value is -2.20. The molecule has 0 spiro atoms. The van der Waals surface area contributed by atoms with Gasteiger partial charge in [-0.2, -0.15) is 4.31 Å². The van der Waals surface area contributed by atoms with Gasteiger partial charge in [0.25, 0.3) is 5.91 Å². The number of carbonyl (C=O) groups excluding carboxylic acids is 2. The number of hydrogen-bond donors (Lipinski definition) is 1. The van der Waals surface area contributed by atoms with Gasteiger partial charge in [-0.15, -0.1) is 0 Å². The molecule has 162 valence electrons. The standard InChI is InChI=1S/C19H19Cl2FN2O5S/c1-12(16-8-3-13(20)9-17(16)21)23-18(25)11-29-19(26)10-24(2)30(27,28)15-6-4-14(22)5-7-15/h3-9,12H,10-11H2,1-2H3,(H,23,25). The predicted octanol–water partition coefficient (Wildman–Crippen LogP) is 3.17. The van der Waals surface area contributed by atoms with Gasteiger partial charge in [0.05, 0.1) is 10.9 Å². The molecule has 7 nitrogen and oxygen atoms in total. The predicted molar refractivity (Wildman–Crippen MR) is 110 cm³/mol. The van der Waals surface area contributed by atoms with Gasteiger partial charge in [-0.3, -0.25) is 9.59 Å². The number of nitrogens with zero attached hydrogens (tertiary/aromatic N) is 1. The van der Waals surface area contributed by atoms with Crippen LogP contribution < -0.4 is 5.32 Å². The van der Waals surface area contributed by atoms with Crippen LogP contribution >= 0.6 is 23.2 Å². The molecule has 1 N–H and O–H groups in total. The highest BCUT2D eigenvalue weighted by molar-refractivity contribution is 7.89. The Morgan fingerprint density at radius 3 is 2.40 bits per heavy atom. The average molecular weight is 477 g/mol. The van der Waals surface area contributed by atoms with Crippen LogP contribution in [0.5, 0.6) is 0 Å². The zero-order valence-corrected chi connectivity index (χ0v) is 18.4. The van der Waals surface area contributed by atoms with Gasteiger partial charge >= 0.3 is 5.97 Å². The average Bonchev–Trinajstić information content (AvgIpc) is 2.66. The van der Waals surface area contributed by atoms with Gasteiger partial charge in [0.2, 0.25) is 10.0 Å². The molecule has 0 fully saturated rings. The Labute approximate surface area is 183 Å². The van der Waals surface area contributed by atoms with E-state index in [0.717, 1.165) is 28.6 Å². The quantitative estimate of drug-likeness (QED) is 0.590. The van der Waals surface area contributed by atoms with Gasteiger partial charge in [-0.05, 0) is 48.9 Å². The molecule has 11 heteroatoms. The van der Waals surface area contributed by atoms with Crippen LogP contribution in [0.4, 0.5) is 4.39 Å². The molecule has 1 amide bonds. The second-order valence-corrected chi connectivity index (χ2v) is 9.22. The van der Waals surface area contributed by atoms with Crippen LogP contribution in [-0.4, -0.2) is 44.8 Å². The summed E-state index contributed by atoms with van der Waals surface area (Å²) < 4.78 is 43.3. The first-order chi connectivity index (χ1) is 14.0. The summed E-state index contributed by atoms with van der Waals surface area (Å²) in [6.45, 7) is 0.474. The Kier molecular flexibility index (Phi) is 8.19. The monoisotopic (exact) mass is 476 g/mol. The van der Waals surface area contributed by atoms with Crippen LogP contribution in [-0.2, 0) is 24.3 Å². The van der Waals surface area contributed by atoms with Crippen molar-refractivity contribution in [2.24, 2.45) is 0 Å². The van der Waals surface area contributed by atoms with Crippen LogP contribution in [0.3, 0.4) is 0 Å². The van der Waals surface area contributed by atoms with Crippen molar-refractivity contribution >= 4 is 45.1 Å². The van der Waals surface area contributed by atoms with Crippen molar-refractivity contribution < 1.29 is 27.1 Å². The number of carbonyl (C=O) groups is 2. The zero-order valence-electron chi connectivity index (χ0n) is 16.1. The minimum Gasteiger partial charge on any atom is -0.455 e. The molecule has 0 aliphatic heterocycles. The lowest BCUT2D eigenvalue weighted by molar-refractivity contribution is -0.148. The molecule has 2 aromatic rings. The van der Waals surface area contributed by atoms with Crippen molar-refractivity contribution in [2.45, 2.75) is 17.9 Å². The van der Waals surface area contributed by atoms with Crippen molar-refractivity contribution in [1.29, 1.82) is 0 Å². The molecule has 0 saturated heterocycles. The third-order valence-electron chi connectivity index (χ3n) is 4.04. The van der Waals surface area contributed by atoms with Crippen LogP contribution in [0.2, 0.25) is 10.0 Å². The fourth-order valence-corrected chi connectivity index (χ4v) is 4.15. The molecule has 0 aromatic heterocycles. The topological polar surface area (TPSA) is 92.8 Å². The summed E-state index contributed by atoms with van der Waals surface area (Å²) in [5.41, 5.74) is 0.630. The van der Waals surface area contributed by atoms with Gasteiger partial charge in [-0.1, -0.05) is 29.3 Å². The number of ether oxygens (including phenoxy) is 1. The Morgan fingerprint density at radius 1 is 1.17 bits per heavy atom. The van der Waals surface area contributed by atoms with E-state index in [9.17, 15) is 22.4 Å². The van der Waals surface area contributed by atoms with Gasteiger partial charge in [0.15, 0.2) is 6.61 Å². The van der Waals surface area contributed by atoms with E-state index in [0.29, 0.717) is 15.6 Å². The summed E-state index contributed by atoms with van der Waals surface area (Å²) in [5.74, 6) is -2.10. The SMILES string of the molecule is CC(NC(=O)COC(=O)CN(C)S(=O)(=O)c1ccc(F)cc1)c1ccc(Cl)cc1Cl. The highest BCUT2D eigenvalue weighted by Crippen LogP contribution is 2.26. The molecule has 0 heterocycles. The summed E-state index contributed by atoms with van der Waals surface area (Å²) in [6.07, 6.45) is 0. The molecular weight excluding hydrogens is 458 g/mol. The van der Waals surface area contributed by atoms with Crippen molar-refractivity contribution in [3.8, 4) is 0 Å². The summed E-state index contributed by atoms with van der Waals surface area (Å²) in [7, 11) is -2.84. The molecule has 1 unspecified atom stereocenters. The molecular formula is C19H19Cl2FN2O5S. The third-order valence-corrected chi connectivity index (χ3v) is 6.42. The molecule has 2 aromatic carbocycles. The van der Waals surface area contributed by atoms with E-state index < -0.39 is 46.9 Å². The van der Waals surface area contributed by atoms with Crippen LogP contribution in [0.15, 0.2) is 47.4 Å². The fourth-order valence-electron chi connectivity index (χ4n) is 2.46. The van der Waals surface area contributed by atoms with Crippen molar-refractivity contribution in [3.63, 3.8) is 0 Å². The highest BCUT2D eigenvalue weighted by Gasteiger charge is 2.24. The number of amides is 1. The number of halogens is 3. The van der Waals surface area contributed by atoms with Crippen LogP contribution in [0, 0.1) is 5.82 Å². The van der Waals surface area contributed by atoms with Crippen molar-refractivity contribution in [1.82, 2.24) is 9.62 Å². The fraction of sp³-hybridized carbons (Fsp3) is 0.263. The molecule has 0 aliphatic carbocycles. The summed E-state index contributed by atoms with van der Waals surface area (Å²) in [6, 6.07) is 8.53. The van der Waals surface area contributed by atoms with E-state index in [1.54, 1.807) is 25.1 Å². The molecule has 0 bridgehead atoms. The first kappa shape index (κ1) is 24.1. The second-order valence-electron chi connectivity index (χ2n) is 6.33. The molecule has 2 rings (SSSR count). The second kappa shape index (κ2) is 10.2. The number of esters is 1. The van der Waals surface area contributed by atoms with Gasteiger partial charge in [0.1, 0.15) is 12.4 Å². The van der Waals surface area contributed by atoms with Gasteiger partial charge in [-0.25, -0.2) is 12.8 Å². The smallest absolute Gasteiger partial charge is 0.321 e. The van der Waals surface area contributed by atoms with E-state index in [1.807, 2.05) is 0 Å². The first-order valence-corrected chi connectivity index (χ1v) is 10.8. The van der Waals surface area contributed by atoms with E-state index in [4.69, 9.17) is 27.9 Å². The largest absolute Gasteiger partial charge is 0.455 e. The third kappa shape index (κ3) is 6.40. The molecule has 1 atom stereocenters. The minimum absolute atomic E-state index is 0.175. The maximum absolute atomic E-state index is 13.0. The Balaban J connectivity index is 1.87. The first-order valence-electron chi connectivity index (χ1n) is 8.62. The zero-order chi connectivity index (χ0) is 22.5. The molecule has 0 radical (unpaired) electrons. The van der Waals surface area contributed by atoms with Gasteiger partial charge in [0, 0.05) is 17.1 Å². The van der Waals surface area contributed by atoms with E-state index in [1.165, 1.54) is 7.05 Å². The number of sulfonamides is 1. The summed E-state index contributed by atoms with van der Waals surface area (Å²) in [5, 5.41) is 3.44. The summed E-state index contributed by atoms with van der Waals surface area (Å²) >= 11 is 11.9. The lowest BCUT2D eigenvalue weighted by atomic mass is 10.1. The number of hydrogen-bond acceptors (Lipinski definition) is 5. The minimum atomic E-state index is -4.01.